The molecule has 0 bridgehead atoms. The van der Waals surface area contributed by atoms with Gasteiger partial charge in [0.2, 0.25) is 0 Å². The highest BCUT2D eigenvalue weighted by Crippen LogP contribution is 2.60. The standard InChI is InChI=1S/C17H13F13O4/c18-12(19,5-6-34-11(33)4-2-8-1-3-9(31)10(32)7-8)13(20,21)14(22,23)15(24,25)16(26,27)17(28,29)30/h1,3,7,31-32H,2,4-6H2. The number of ether oxygens (including phenoxy) is 1. The molecule has 0 unspecified atom stereocenters. The Balaban J connectivity index is 2.87. The topological polar surface area (TPSA) is 66.8 Å². The molecule has 17 heteroatoms. The van der Waals surface area contributed by atoms with Gasteiger partial charge in [0.15, 0.2) is 11.5 Å². The molecule has 0 saturated heterocycles. The second kappa shape index (κ2) is 9.20. The Morgan fingerprint density at radius 3 is 1.71 bits per heavy atom. The number of carbonyl (C=O) groups excluding carboxylic acids is 1. The van der Waals surface area contributed by atoms with Crippen LogP contribution in [0.3, 0.4) is 0 Å². The number of benzene rings is 1. The van der Waals surface area contributed by atoms with E-state index in [1.54, 1.807) is 0 Å². The molecule has 0 heterocycles. The average molecular weight is 528 g/mol. The molecular weight excluding hydrogens is 515 g/mol. The number of phenolic OH excluding ortho intramolecular Hbond substituents is 2. The van der Waals surface area contributed by atoms with E-state index in [2.05, 4.69) is 4.74 Å². The van der Waals surface area contributed by atoms with Crippen LogP contribution in [-0.2, 0) is 16.0 Å². The van der Waals surface area contributed by atoms with Gasteiger partial charge in [-0.3, -0.25) is 4.79 Å². The molecule has 0 saturated carbocycles. The van der Waals surface area contributed by atoms with Crippen LogP contribution in [0, 0.1) is 0 Å². The van der Waals surface area contributed by atoms with E-state index in [9.17, 15) is 67.0 Å². The third-order valence-corrected chi connectivity index (χ3v) is 4.34. The fourth-order valence-electron chi connectivity index (χ4n) is 2.30. The summed E-state index contributed by atoms with van der Waals surface area (Å²) in [7, 11) is 0. The first-order chi connectivity index (χ1) is 15.0. The lowest BCUT2D eigenvalue weighted by Crippen LogP contribution is -2.70. The minimum absolute atomic E-state index is 0.177. The van der Waals surface area contributed by atoms with Crippen LogP contribution in [0.1, 0.15) is 18.4 Å². The summed E-state index contributed by atoms with van der Waals surface area (Å²) in [6.45, 7) is -1.83. The highest BCUT2D eigenvalue weighted by molar-refractivity contribution is 5.69. The molecule has 0 atom stereocenters. The van der Waals surface area contributed by atoms with Crippen molar-refractivity contribution in [2.24, 2.45) is 0 Å². The Morgan fingerprint density at radius 2 is 1.24 bits per heavy atom. The second-order valence-electron chi connectivity index (χ2n) is 6.79. The van der Waals surface area contributed by atoms with Crippen LogP contribution in [0.2, 0.25) is 0 Å². The van der Waals surface area contributed by atoms with Crippen LogP contribution in [0.4, 0.5) is 57.1 Å². The van der Waals surface area contributed by atoms with Crippen molar-refractivity contribution in [3.05, 3.63) is 23.8 Å². The van der Waals surface area contributed by atoms with Crippen molar-refractivity contribution >= 4 is 5.97 Å². The Morgan fingerprint density at radius 1 is 0.735 bits per heavy atom. The second-order valence-corrected chi connectivity index (χ2v) is 6.79. The van der Waals surface area contributed by atoms with Gasteiger partial charge in [-0.2, -0.15) is 57.1 Å². The number of carbonyl (C=O) groups is 1. The van der Waals surface area contributed by atoms with Crippen LogP contribution < -0.4 is 0 Å². The predicted molar refractivity (Wildman–Crippen MR) is 84.5 cm³/mol. The van der Waals surface area contributed by atoms with Crippen molar-refractivity contribution < 1.29 is 76.8 Å². The number of aryl methyl sites for hydroxylation is 1. The van der Waals surface area contributed by atoms with Crippen LogP contribution >= 0.6 is 0 Å². The quantitative estimate of drug-likeness (QED) is 0.232. The third kappa shape index (κ3) is 5.21. The number of hydrogen-bond acceptors (Lipinski definition) is 4. The first kappa shape index (κ1) is 29.4. The van der Waals surface area contributed by atoms with Crippen molar-refractivity contribution in [3.63, 3.8) is 0 Å². The van der Waals surface area contributed by atoms with E-state index in [0.717, 1.165) is 12.1 Å². The summed E-state index contributed by atoms with van der Waals surface area (Å²) < 4.78 is 173. The maximum Gasteiger partial charge on any atom is 0.460 e. The highest BCUT2D eigenvalue weighted by atomic mass is 19.4. The van der Waals surface area contributed by atoms with Gasteiger partial charge in [-0.05, 0) is 24.1 Å². The Bertz CT molecular complexity index is 881. The maximum absolute atomic E-state index is 13.6. The molecule has 196 valence electrons. The lowest BCUT2D eigenvalue weighted by molar-refractivity contribution is -0.440. The summed E-state index contributed by atoms with van der Waals surface area (Å²) in [6, 6.07) is 3.16. The van der Waals surface area contributed by atoms with Gasteiger partial charge in [0.25, 0.3) is 0 Å². The number of alkyl halides is 13. The van der Waals surface area contributed by atoms with Gasteiger partial charge in [-0.15, -0.1) is 0 Å². The molecule has 0 spiro atoms. The van der Waals surface area contributed by atoms with Gasteiger partial charge in [-0.25, -0.2) is 0 Å². The molecule has 4 nitrogen and oxygen atoms in total. The third-order valence-electron chi connectivity index (χ3n) is 4.34. The lowest BCUT2D eigenvalue weighted by atomic mass is 9.93. The molecule has 0 amide bonds. The van der Waals surface area contributed by atoms with Gasteiger partial charge in [0.05, 0.1) is 13.0 Å². The van der Waals surface area contributed by atoms with Gasteiger partial charge in [-0.1, -0.05) is 6.07 Å². The van der Waals surface area contributed by atoms with Crippen LogP contribution in [0.25, 0.3) is 0 Å². The summed E-state index contributed by atoms with van der Waals surface area (Å²) in [5.74, 6) is -40.0. The van der Waals surface area contributed by atoms with Crippen LogP contribution in [0.15, 0.2) is 18.2 Å². The summed E-state index contributed by atoms with van der Waals surface area (Å²) in [4.78, 5) is 11.4. The molecule has 1 rings (SSSR count). The van der Waals surface area contributed by atoms with Crippen molar-refractivity contribution in [1.29, 1.82) is 0 Å². The average Bonchev–Trinajstić information content (AvgIpc) is 2.67. The summed E-state index contributed by atoms with van der Waals surface area (Å²) in [5, 5.41) is 18.3. The van der Waals surface area contributed by atoms with Crippen LogP contribution in [-0.4, -0.2) is 58.6 Å². The van der Waals surface area contributed by atoms with Gasteiger partial charge in [0, 0.05) is 6.42 Å². The Labute approximate surface area is 180 Å². The van der Waals surface area contributed by atoms with E-state index in [4.69, 9.17) is 5.11 Å². The minimum atomic E-state index is -7.99. The number of hydrogen-bond donors (Lipinski definition) is 2. The number of rotatable bonds is 10. The van der Waals surface area contributed by atoms with Crippen molar-refractivity contribution in [2.45, 2.75) is 55.1 Å². The summed E-state index contributed by atoms with van der Waals surface area (Å²) >= 11 is 0. The maximum atomic E-state index is 13.6. The van der Waals surface area contributed by atoms with E-state index in [1.807, 2.05) is 0 Å². The Hall–Kier alpha value is -2.62. The molecule has 0 radical (unpaired) electrons. The molecule has 1 aromatic carbocycles. The first-order valence-corrected chi connectivity index (χ1v) is 8.65. The number of halogens is 13. The largest absolute Gasteiger partial charge is 0.504 e. The van der Waals surface area contributed by atoms with Crippen molar-refractivity contribution in [2.75, 3.05) is 6.61 Å². The van der Waals surface area contributed by atoms with Gasteiger partial charge in [0.1, 0.15) is 0 Å². The molecule has 1 aromatic rings. The number of aromatic hydroxyl groups is 2. The molecule has 0 aliphatic rings. The zero-order valence-electron chi connectivity index (χ0n) is 16.2. The SMILES string of the molecule is O=C(CCc1ccc(O)c(O)c1)OCCC(F)(F)C(F)(F)C(F)(F)C(F)(F)C(F)(F)C(F)(F)F. The first-order valence-electron chi connectivity index (χ1n) is 8.65. The zero-order chi connectivity index (χ0) is 27.0. The minimum Gasteiger partial charge on any atom is -0.504 e. The molecule has 0 aromatic heterocycles. The molecule has 0 aliphatic heterocycles. The smallest absolute Gasteiger partial charge is 0.460 e. The van der Waals surface area contributed by atoms with Crippen molar-refractivity contribution in [1.82, 2.24) is 0 Å². The van der Waals surface area contributed by atoms with Crippen LogP contribution in [0.5, 0.6) is 11.5 Å². The zero-order valence-corrected chi connectivity index (χ0v) is 16.2. The molecule has 0 aliphatic carbocycles. The molecule has 34 heavy (non-hydrogen) atoms. The van der Waals surface area contributed by atoms with E-state index in [0.29, 0.717) is 0 Å². The van der Waals surface area contributed by atoms with E-state index < -0.39 is 72.7 Å². The van der Waals surface area contributed by atoms with Crippen molar-refractivity contribution in [3.8, 4) is 11.5 Å². The molecule has 2 N–H and O–H groups in total. The van der Waals surface area contributed by atoms with E-state index >= 15 is 0 Å². The summed E-state index contributed by atoms with van der Waals surface area (Å²) in [5.41, 5.74) is 0.177. The number of phenols is 2. The fraction of sp³-hybridized carbons (Fsp3) is 0.588. The normalized spacial score (nSPS) is 14.3. The van der Waals surface area contributed by atoms with E-state index in [1.165, 1.54) is 6.07 Å². The van der Waals surface area contributed by atoms with E-state index in [-0.39, 0.29) is 12.0 Å². The molecular formula is C17H13F13O4. The van der Waals surface area contributed by atoms with Gasteiger partial charge < -0.3 is 14.9 Å². The van der Waals surface area contributed by atoms with Gasteiger partial charge >= 0.3 is 41.8 Å². The monoisotopic (exact) mass is 528 g/mol. The lowest BCUT2D eigenvalue weighted by Gasteiger charge is -2.39. The fourth-order valence-corrected chi connectivity index (χ4v) is 2.30. The summed E-state index contributed by atoms with van der Waals surface area (Å²) in [6.07, 6.45) is -11.1. The predicted octanol–water partition coefficient (Wildman–Crippen LogP) is 5.70. The Kier molecular flexibility index (Phi) is 7.96. The highest BCUT2D eigenvalue weighted by Gasteiger charge is 2.90. The number of esters is 1. The molecule has 0 fully saturated rings.